The summed E-state index contributed by atoms with van der Waals surface area (Å²) in [5, 5.41) is 0. The molecule has 0 spiro atoms. The van der Waals surface area contributed by atoms with Gasteiger partial charge in [-0.3, -0.25) is 4.98 Å². The Labute approximate surface area is 163 Å². The first-order valence-corrected chi connectivity index (χ1v) is 8.97. The summed E-state index contributed by atoms with van der Waals surface area (Å²) in [4.78, 5) is 35.7. The highest BCUT2D eigenvalue weighted by molar-refractivity contribution is 5.94. The van der Waals surface area contributed by atoms with Crippen LogP contribution >= 0.6 is 0 Å². The molecule has 0 saturated carbocycles. The molecule has 0 radical (unpaired) electrons. The summed E-state index contributed by atoms with van der Waals surface area (Å²) in [6.07, 6.45) is 4.10. The number of carbonyl (C=O) groups excluding carboxylic acids is 2. The molecule has 2 aromatic rings. The van der Waals surface area contributed by atoms with Crippen LogP contribution in [-0.2, 0) is 14.2 Å². The van der Waals surface area contributed by atoms with Crippen LogP contribution in [0.2, 0.25) is 0 Å². The van der Waals surface area contributed by atoms with Crippen molar-refractivity contribution < 1.29 is 23.8 Å². The van der Waals surface area contributed by atoms with E-state index in [0.29, 0.717) is 30.3 Å². The Morgan fingerprint density at radius 1 is 1.18 bits per heavy atom. The Kier molecular flexibility index (Phi) is 5.64. The molecule has 9 heteroatoms. The lowest BCUT2D eigenvalue weighted by molar-refractivity contribution is 0.0483. The van der Waals surface area contributed by atoms with E-state index < -0.39 is 17.7 Å². The molecule has 0 N–H and O–H groups in total. The van der Waals surface area contributed by atoms with E-state index in [-0.39, 0.29) is 5.69 Å². The summed E-state index contributed by atoms with van der Waals surface area (Å²) in [7, 11) is 1.26. The highest BCUT2D eigenvalue weighted by atomic mass is 16.6. The largest absolute Gasteiger partial charge is 0.464 e. The zero-order chi connectivity index (χ0) is 20.3. The number of hydrogen-bond donors (Lipinski definition) is 0. The van der Waals surface area contributed by atoms with Crippen LogP contribution in [0.25, 0.3) is 11.3 Å². The normalized spacial score (nSPS) is 14.6. The van der Waals surface area contributed by atoms with Gasteiger partial charge in [0.05, 0.1) is 38.4 Å². The number of carbonyl (C=O) groups is 2. The van der Waals surface area contributed by atoms with Gasteiger partial charge in [0.1, 0.15) is 17.1 Å². The third kappa shape index (κ3) is 4.48. The van der Waals surface area contributed by atoms with Gasteiger partial charge in [0.2, 0.25) is 0 Å². The van der Waals surface area contributed by atoms with E-state index in [2.05, 4.69) is 14.9 Å². The molecule has 1 fully saturated rings. The molecule has 1 saturated heterocycles. The second-order valence-corrected chi connectivity index (χ2v) is 7.32. The first-order chi connectivity index (χ1) is 13.3. The SMILES string of the molecule is COC(=O)c1cc(-c2cncc(N3CCOCC3)n2)cn1C(=O)OC(C)(C)C. The van der Waals surface area contributed by atoms with Crippen molar-refractivity contribution >= 4 is 17.9 Å². The van der Waals surface area contributed by atoms with Crippen LogP contribution in [-0.4, -0.2) is 65.6 Å². The lowest BCUT2D eigenvalue weighted by Gasteiger charge is -2.27. The third-order valence-corrected chi connectivity index (χ3v) is 4.06. The topological polar surface area (TPSA) is 95.8 Å². The minimum Gasteiger partial charge on any atom is -0.464 e. The maximum absolute atomic E-state index is 12.5. The van der Waals surface area contributed by atoms with Crippen LogP contribution in [0.5, 0.6) is 0 Å². The van der Waals surface area contributed by atoms with Crippen molar-refractivity contribution in [3.63, 3.8) is 0 Å². The van der Waals surface area contributed by atoms with Crippen molar-refractivity contribution in [2.75, 3.05) is 38.3 Å². The van der Waals surface area contributed by atoms with Gasteiger partial charge in [-0.05, 0) is 26.8 Å². The van der Waals surface area contributed by atoms with Gasteiger partial charge in [-0.25, -0.2) is 19.1 Å². The predicted molar refractivity (Wildman–Crippen MR) is 101 cm³/mol. The lowest BCUT2D eigenvalue weighted by Crippen LogP contribution is -2.36. The Morgan fingerprint density at radius 3 is 2.54 bits per heavy atom. The van der Waals surface area contributed by atoms with Crippen molar-refractivity contribution in [2.45, 2.75) is 26.4 Å². The Morgan fingerprint density at radius 2 is 1.89 bits per heavy atom. The third-order valence-electron chi connectivity index (χ3n) is 4.06. The number of morpholine rings is 1. The minimum absolute atomic E-state index is 0.0605. The number of methoxy groups -OCH3 is 1. The van der Waals surface area contributed by atoms with Crippen molar-refractivity contribution in [3.05, 3.63) is 30.4 Å². The average Bonchev–Trinajstić information content (AvgIpc) is 3.13. The van der Waals surface area contributed by atoms with Crippen molar-refractivity contribution in [1.82, 2.24) is 14.5 Å². The maximum atomic E-state index is 12.5. The molecule has 28 heavy (non-hydrogen) atoms. The standard InChI is InChI=1S/C19H24N4O5/c1-19(2,3)28-18(25)23-12-13(9-15(23)17(24)26-4)14-10-20-11-16(21-14)22-5-7-27-8-6-22/h9-12H,5-8H2,1-4H3. The molecule has 0 amide bonds. The quantitative estimate of drug-likeness (QED) is 0.740. The summed E-state index contributed by atoms with van der Waals surface area (Å²) in [6, 6.07) is 1.54. The minimum atomic E-state index is -0.703. The van der Waals surface area contributed by atoms with E-state index >= 15 is 0 Å². The smallest absolute Gasteiger partial charge is 0.419 e. The second-order valence-electron chi connectivity index (χ2n) is 7.32. The van der Waals surface area contributed by atoms with Gasteiger partial charge in [0.15, 0.2) is 0 Å². The molecule has 9 nitrogen and oxygen atoms in total. The summed E-state index contributed by atoms with van der Waals surface area (Å²) >= 11 is 0. The van der Waals surface area contributed by atoms with Gasteiger partial charge in [-0.2, -0.15) is 0 Å². The average molecular weight is 388 g/mol. The highest BCUT2D eigenvalue weighted by Gasteiger charge is 2.25. The Bertz CT molecular complexity index is 865. The highest BCUT2D eigenvalue weighted by Crippen LogP contribution is 2.24. The lowest BCUT2D eigenvalue weighted by atomic mass is 10.2. The molecule has 3 rings (SSSR count). The number of hydrogen-bond acceptors (Lipinski definition) is 8. The van der Waals surface area contributed by atoms with E-state index in [1.54, 1.807) is 39.2 Å². The number of anilines is 1. The Balaban J connectivity index is 1.96. The van der Waals surface area contributed by atoms with Gasteiger partial charge >= 0.3 is 12.1 Å². The molecule has 0 aromatic carbocycles. The van der Waals surface area contributed by atoms with Crippen molar-refractivity contribution in [1.29, 1.82) is 0 Å². The number of nitrogens with zero attached hydrogens (tertiary/aromatic N) is 4. The van der Waals surface area contributed by atoms with E-state index in [1.165, 1.54) is 13.3 Å². The van der Waals surface area contributed by atoms with E-state index in [9.17, 15) is 9.59 Å². The molecule has 2 aromatic heterocycles. The number of aromatic nitrogens is 3. The fraction of sp³-hybridized carbons (Fsp3) is 0.474. The predicted octanol–water partition coefficient (Wildman–Crippen LogP) is 2.35. The molecule has 0 atom stereocenters. The van der Waals surface area contributed by atoms with Crippen LogP contribution < -0.4 is 4.90 Å². The summed E-state index contributed by atoms with van der Waals surface area (Å²) in [5.74, 6) is 0.0693. The van der Waals surface area contributed by atoms with Crippen LogP contribution in [0.1, 0.15) is 31.3 Å². The van der Waals surface area contributed by atoms with Gasteiger partial charge < -0.3 is 19.1 Å². The first kappa shape index (κ1) is 19.8. The fourth-order valence-corrected chi connectivity index (χ4v) is 2.77. The van der Waals surface area contributed by atoms with E-state index in [1.807, 2.05) is 0 Å². The van der Waals surface area contributed by atoms with Crippen LogP contribution in [0.3, 0.4) is 0 Å². The van der Waals surface area contributed by atoms with Gasteiger partial charge in [0.25, 0.3) is 0 Å². The molecule has 1 aliphatic rings. The molecule has 0 unspecified atom stereocenters. The van der Waals surface area contributed by atoms with E-state index in [0.717, 1.165) is 17.7 Å². The number of esters is 1. The van der Waals surface area contributed by atoms with Gasteiger partial charge in [0, 0.05) is 24.8 Å². The zero-order valence-corrected chi connectivity index (χ0v) is 16.5. The second kappa shape index (κ2) is 7.97. The first-order valence-electron chi connectivity index (χ1n) is 8.97. The maximum Gasteiger partial charge on any atom is 0.419 e. The van der Waals surface area contributed by atoms with E-state index in [4.69, 9.17) is 14.2 Å². The molecular formula is C19H24N4O5. The molecule has 1 aliphatic heterocycles. The fourth-order valence-electron chi connectivity index (χ4n) is 2.77. The molecule has 3 heterocycles. The summed E-state index contributed by atoms with van der Waals surface area (Å²) in [6.45, 7) is 7.98. The zero-order valence-electron chi connectivity index (χ0n) is 16.5. The summed E-state index contributed by atoms with van der Waals surface area (Å²) in [5.41, 5.74) is 0.459. The van der Waals surface area contributed by atoms with Crippen LogP contribution in [0.4, 0.5) is 10.6 Å². The Hall–Kier alpha value is -2.94. The number of ether oxygens (including phenoxy) is 3. The molecule has 150 valence electrons. The number of rotatable bonds is 3. The van der Waals surface area contributed by atoms with Gasteiger partial charge in [-0.1, -0.05) is 0 Å². The molecule has 0 aliphatic carbocycles. The van der Waals surface area contributed by atoms with Crippen LogP contribution in [0, 0.1) is 0 Å². The monoisotopic (exact) mass is 388 g/mol. The molecule has 0 bridgehead atoms. The summed E-state index contributed by atoms with van der Waals surface area (Å²) < 4.78 is 16.7. The molecular weight excluding hydrogens is 364 g/mol. The van der Waals surface area contributed by atoms with Crippen molar-refractivity contribution in [3.8, 4) is 11.3 Å². The van der Waals surface area contributed by atoms with Gasteiger partial charge in [-0.15, -0.1) is 0 Å². The van der Waals surface area contributed by atoms with Crippen molar-refractivity contribution in [2.24, 2.45) is 0 Å². The van der Waals surface area contributed by atoms with Crippen LogP contribution in [0.15, 0.2) is 24.7 Å².